The van der Waals surface area contributed by atoms with Crippen LogP contribution in [0.5, 0.6) is 0 Å². The third-order valence-electron chi connectivity index (χ3n) is 13.1. The Morgan fingerprint density at radius 2 is 0.479 bits per heavy atom. The van der Waals surface area contributed by atoms with E-state index in [-0.39, 0.29) is 17.8 Å². The van der Waals surface area contributed by atoms with Gasteiger partial charge in [-0.2, -0.15) is 37.9 Å². The molecule has 0 aromatic rings. The molecule has 0 aromatic carbocycles. The Morgan fingerprint density at radius 3 is 0.648 bits per heavy atom. The first kappa shape index (κ1) is 77.0. The molecule has 0 aliphatic carbocycles. The van der Waals surface area contributed by atoms with Gasteiger partial charge in [-0.05, 0) is 151 Å². The molecule has 416 valence electrons. The predicted octanol–water partition coefficient (Wildman–Crippen LogP) is 16.2. The normalized spacial score (nSPS) is 12.5. The van der Waals surface area contributed by atoms with Crippen molar-refractivity contribution in [3.8, 4) is 0 Å². The standard InChI is InChI=1S/3C20H38O2S.CH3.Sn/c3*1-2-3-4-5-6-7-8-9-10-11-12-13-14-15-16-19(17-18-23)20(21)22;;/h3*9-10,19,23H,2-8,11-18H2,1H3,(H,21,22);1H3;/q;;;;+3/p-3/b3*10-9-;;. The van der Waals surface area contributed by atoms with E-state index >= 15 is 0 Å². The zero-order chi connectivity index (χ0) is 53.5. The van der Waals surface area contributed by atoms with Crippen LogP contribution < -0.4 is 15.3 Å². The van der Waals surface area contributed by atoms with Gasteiger partial charge in [-0.25, -0.2) is 0 Å². The van der Waals surface area contributed by atoms with E-state index in [9.17, 15) is 29.7 Å². The fraction of sp³-hybridized carbons (Fsp3) is 0.852. The molecule has 0 radical (unpaired) electrons. The molecule has 0 aliphatic rings. The van der Waals surface area contributed by atoms with Crippen LogP contribution in [-0.2, 0) is 14.4 Å². The van der Waals surface area contributed by atoms with Crippen molar-refractivity contribution in [2.45, 2.75) is 295 Å². The van der Waals surface area contributed by atoms with Crippen molar-refractivity contribution < 1.29 is 29.7 Å². The summed E-state index contributed by atoms with van der Waals surface area (Å²) in [6, 6.07) is 0. The molecule has 0 saturated heterocycles. The minimum absolute atomic E-state index is 0.301. The van der Waals surface area contributed by atoms with E-state index in [0.717, 1.165) is 77.0 Å². The number of carbonyl (C=O) groups is 3. The van der Waals surface area contributed by atoms with E-state index in [1.54, 1.807) is 22.5 Å². The van der Waals surface area contributed by atoms with Gasteiger partial charge >= 0.3 is 27.5 Å². The number of allylic oxidation sites excluding steroid dienone is 6. The molecule has 0 bridgehead atoms. The van der Waals surface area contributed by atoms with Crippen molar-refractivity contribution in [2.75, 3.05) is 17.3 Å². The first-order chi connectivity index (χ1) is 34.7. The Labute approximate surface area is 471 Å². The molecular formula is C61H114O6S3Sn. The summed E-state index contributed by atoms with van der Waals surface area (Å²) in [5.41, 5.74) is 0. The van der Waals surface area contributed by atoms with Gasteiger partial charge in [0.1, 0.15) is 0 Å². The van der Waals surface area contributed by atoms with Crippen LogP contribution in [0.15, 0.2) is 36.5 Å². The third kappa shape index (κ3) is 67.5. The molecule has 71 heavy (non-hydrogen) atoms. The van der Waals surface area contributed by atoms with Crippen molar-refractivity contribution >= 4 is 78.3 Å². The fourth-order valence-electron chi connectivity index (χ4n) is 8.46. The van der Waals surface area contributed by atoms with Crippen LogP contribution in [-0.4, -0.2) is 57.7 Å². The first-order valence-electron chi connectivity index (χ1n) is 29.6. The summed E-state index contributed by atoms with van der Waals surface area (Å²) in [6.07, 6.45) is 63.4. The van der Waals surface area contributed by atoms with Crippen molar-refractivity contribution in [1.82, 2.24) is 0 Å². The van der Waals surface area contributed by atoms with Gasteiger partial charge < -0.3 is 29.7 Å². The van der Waals surface area contributed by atoms with Gasteiger partial charge in [-0.1, -0.05) is 211 Å². The quantitative estimate of drug-likeness (QED) is 0.0242. The van der Waals surface area contributed by atoms with Gasteiger partial charge in [-0.15, -0.1) is 0 Å². The average Bonchev–Trinajstić information content (AvgIpc) is 3.36. The number of carboxylic acids is 3. The van der Waals surface area contributed by atoms with Crippen molar-refractivity contribution in [3.63, 3.8) is 0 Å². The van der Waals surface area contributed by atoms with Gasteiger partial charge in [0.25, 0.3) is 0 Å². The average molecular weight is 1160 g/mol. The van der Waals surface area contributed by atoms with Crippen molar-refractivity contribution in [2.24, 2.45) is 17.8 Å². The number of unbranched alkanes of at least 4 members (excludes halogenated alkanes) is 30. The number of carbonyl (C=O) groups excluding carboxylic acids is 3. The monoisotopic (exact) mass is 1160 g/mol. The Bertz CT molecular complexity index is 1010. The van der Waals surface area contributed by atoms with Crippen LogP contribution >= 0.6 is 37.9 Å². The zero-order valence-electron chi connectivity index (χ0n) is 46.8. The number of hydrogen-bond acceptors (Lipinski definition) is 9. The molecule has 0 N–H and O–H groups in total. The Morgan fingerprint density at radius 1 is 0.310 bits per heavy atom. The number of aliphatic carboxylic acids is 3. The number of thiol groups is 3. The second-order valence-electron chi connectivity index (χ2n) is 19.6. The molecule has 0 spiro atoms. The second kappa shape index (κ2) is 69.5. The summed E-state index contributed by atoms with van der Waals surface area (Å²) in [5, 5.41) is 32.7. The maximum atomic E-state index is 10.9. The van der Waals surface area contributed by atoms with E-state index in [1.807, 2.05) is 0 Å². The Kier molecular flexibility index (Phi) is 75.3. The summed E-state index contributed by atoms with van der Waals surface area (Å²) < 4.78 is 0. The van der Waals surface area contributed by atoms with Crippen molar-refractivity contribution in [1.29, 1.82) is 0 Å². The van der Waals surface area contributed by atoms with E-state index in [4.69, 9.17) is 0 Å². The van der Waals surface area contributed by atoms with Crippen LogP contribution in [0.25, 0.3) is 0 Å². The molecule has 6 nitrogen and oxygen atoms in total. The molecule has 3 atom stereocenters. The minimum atomic E-state index is -0.906. The van der Waals surface area contributed by atoms with E-state index in [0.29, 0.717) is 36.5 Å². The SMILES string of the molecule is CCCCCCCC/C=C\CCCCCCC(CCS)C(=O)[O-].CCCCCCCC/C=C\CCCCCCC(CCS)C(=O)[O-].CCCCCCCC/C=C\CCCCCCC(CCS)C(=O)[O-].[CH3][Sn+3]. The maximum absolute atomic E-state index is 10.9. The molecule has 0 heterocycles. The van der Waals surface area contributed by atoms with E-state index < -0.39 is 17.9 Å². The summed E-state index contributed by atoms with van der Waals surface area (Å²) >= 11 is 13.9. The van der Waals surface area contributed by atoms with Crippen LogP contribution in [0.1, 0.15) is 290 Å². The van der Waals surface area contributed by atoms with E-state index in [2.05, 4.69) is 100 Å². The molecule has 0 rings (SSSR count). The second-order valence-corrected chi connectivity index (χ2v) is 21.0. The molecule has 0 fully saturated rings. The summed E-state index contributed by atoms with van der Waals surface area (Å²) in [6.45, 7) is 6.77. The first-order valence-corrected chi connectivity index (χ1v) is 34.3. The van der Waals surface area contributed by atoms with Gasteiger partial charge in [0.2, 0.25) is 0 Å². The summed E-state index contributed by atoms with van der Waals surface area (Å²) in [4.78, 5) is 34.8. The predicted molar refractivity (Wildman–Crippen MR) is 317 cm³/mol. The third-order valence-corrected chi connectivity index (χ3v) is 13.9. The molecule has 0 aliphatic heterocycles. The molecule has 10 heteroatoms. The number of carboxylic acid groups (broad SMARTS) is 3. The van der Waals surface area contributed by atoms with Crippen molar-refractivity contribution in [3.05, 3.63) is 36.5 Å². The molecule has 0 saturated carbocycles. The van der Waals surface area contributed by atoms with Crippen LogP contribution in [0, 0.1) is 17.8 Å². The number of rotatable bonds is 51. The van der Waals surface area contributed by atoms with Crippen LogP contribution in [0.3, 0.4) is 0 Å². The van der Waals surface area contributed by atoms with Crippen LogP contribution in [0.4, 0.5) is 0 Å². The van der Waals surface area contributed by atoms with Gasteiger partial charge in [0.05, 0.1) is 0 Å². The van der Waals surface area contributed by atoms with Crippen LogP contribution in [0.2, 0.25) is 4.94 Å². The van der Waals surface area contributed by atoms with Gasteiger partial charge in [-0.3, -0.25) is 0 Å². The molecular weight excluding hydrogens is 1040 g/mol. The zero-order valence-corrected chi connectivity index (χ0v) is 52.3. The van der Waals surface area contributed by atoms with Gasteiger partial charge in [0.15, 0.2) is 0 Å². The van der Waals surface area contributed by atoms with E-state index in [1.165, 1.54) is 173 Å². The fourth-order valence-corrected chi connectivity index (χ4v) is 9.40. The molecule has 3 unspecified atom stereocenters. The Hall–Kier alpha value is -0.521. The van der Waals surface area contributed by atoms with Gasteiger partial charge in [0, 0.05) is 17.9 Å². The molecule has 0 amide bonds. The summed E-state index contributed by atoms with van der Waals surface area (Å²) in [5.74, 6) is -1.74. The Balaban J connectivity index is -0.000000465. The topological polar surface area (TPSA) is 120 Å². The molecule has 0 aromatic heterocycles. The number of hydrogen-bond donors (Lipinski definition) is 3. The summed E-state index contributed by atoms with van der Waals surface area (Å²) in [7, 11) is 0.